The van der Waals surface area contributed by atoms with Gasteiger partial charge in [-0.15, -0.1) is 0 Å². The number of H-pyrrole nitrogens is 1. The molecule has 0 unspecified atom stereocenters. The molecule has 2 aromatic heterocycles. The molecule has 7 nitrogen and oxygen atoms in total. The fraction of sp³-hybridized carbons (Fsp3) is 0.500. The molecule has 25 heavy (non-hydrogen) atoms. The first kappa shape index (κ1) is 16.1. The van der Waals surface area contributed by atoms with Gasteiger partial charge in [0.15, 0.2) is 5.69 Å². The molecular formula is C18H24N6O. The number of aromatic nitrogens is 3. The summed E-state index contributed by atoms with van der Waals surface area (Å²) in [4.78, 5) is 19.5. The number of aromatic amines is 1. The maximum Gasteiger partial charge on any atom is 0.272 e. The van der Waals surface area contributed by atoms with Gasteiger partial charge in [0.1, 0.15) is 5.82 Å². The van der Waals surface area contributed by atoms with Crippen molar-refractivity contribution >= 4 is 11.7 Å². The van der Waals surface area contributed by atoms with Crippen LogP contribution in [-0.4, -0.2) is 46.8 Å². The zero-order valence-electron chi connectivity index (χ0n) is 14.5. The topological polar surface area (TPSA) is 85.9 Å². The van der Waals surface area contributed by atoms with E-state index in [1.165, 1.54) is 0 Å². The lowest BCUT2D eigenvalue weighted by Gasteiger charge is -2.33. The number of amides is 1. The van der Waals surface area contributed by atoms with Crippen LogP contribution in [0, 0.1) is 6.92 Å². The van der Waals surface area contributed by atoms with E-state index in [0.717, 1.165) is 61.7 Å². The minimum atomic E-state index is -0.0617. The Morgan fingerprint density at radius 2 is 2.16 bits per heavy atom. The van der Waals surface area contributed by atoms with E-state index < -0.39 is 0 Å². The van der Waals surface area contributed by atoms with Crippen LogP contribution in [0.4, 0.5) is 5.82 Å². The number of anilines is 1. The van der Waals surface area contributed by atoms with E-state index in [1.807, 2.05) is 19.1 Å². The van der Waals surface area contributed by atoms with E-state index in [9.17, 15) is 4.79 Å². The van der Waals surface area contributed by atoms with Crippen LogP contribution >= 0.6 is 0 Å². The van der Waals surface area contributed by atoms with Crippen molar-refractivity contribution in [2.45, 2.75) is 38.8 Å². The van der Waals surface area contributed by atoms with Gasteiger partial charge >= 0.3 is 0 Å². The summed E-state index contributed by atoms with van der Waals surface area (Å²) in [5.41, 5.74) is 3.68. The van der Waals surface area contributed by atoms with Crippen molar-refractivity contribution in [1.29, 1.82) is 0 Å². The van der Waals surface area contributed by atoms with Crippen LogP contribution in [0.1, 0.15) is 40.3 Å². The van der Waals surface area contributed by atoms with E-state index in [4.69, 9.17) is 0 Å². The van der Waals surface area contributed by atoms with Gasteiger partial charge in [-0.05, 0) is 31.9 Å². The fourth-order valence-electron chi connectivity index (χ4n) is 3.62. The average Bonchev–Trinajstić information content (AvgIpc) is 3.06. The number of pyridine rings is 1. The lowest BCUT2D eigenvalue weighted by molar-refractivity contribution is 0.0925. The van der Waals surface area contributed by atoms with E-state index in [0.29, 0.717) is 12.2 Å². The minimum Gasteiger partial charge on any atom is -0.356 e. The Kier molecular flexibility index (Phi) is 4.40. The van der Waals surface area contributed by atoms with Gasteiger partial charge in [0.05, 0.1) is 0 Å². The van der Waals surface area contributed by atoms with Crippen LogP contribution in [0.2, 0.25) is 0 Å². The second-order valence-corrected chi connectivity index (χ2v) is 6.83. The van der Waals surface area contributed by atoms with Crippen LogP contribution in [-0.2, 0) is 13.0 Å². The number of carbonyl (C=O) groups excluding carboxylic acids is 1. The van der Waals surface area contributed by atoms with Crippen LogP contribution < -0.4 is 15.5 Å². The summed E-state index contributed by atoms with van der Waals surface area (Å²) in [6.07, 6.45) is 2.75. The Morgan fingerprint density at radius 3 is 2.96 bits per heavy atom. The number of piperidine rings is 1. The summed E-state index contributed by atoms with van der Waals surface area (Å²) in [6, 6.07) is 6.29. The molecule has 0 saturated carbocycles. The number of carbonyl (C=O) groups is 1. The van der Waals surface area contributed by atoms with E-state index in [2.05, 4.69) is 36.8 Å². The Morgan fingerprint density at radius 1 is 1.32 bits per heavy atom. The quantitative estimate of drug-likeness (QED) is 0.781. The predicted octanol–water partition coefficient (Wildman–Crippen LogP) is 1.16. The van der Waals surface area contributed by atoms with Crippen LogP contribution in [0.3, 0.4) is 0 Å². The summed E-state index contributed by atoms with van der Waals surface area (Å²) in [7, 11) is 0. The van der Waals surface area contributed by atoms with Gasteiger partial charge in [-0.1, -0.05) is 6.07 Å². The lowest BCUT2D eigenvalue weighted by Crippen LogP contribution is -2.45. The molecule has 0 bridgehead atoms. The first-order chi connectivity index (χ1) is 12.2. The molecule has 0 aromatic carbocycles. The molecule has 4 heterocycles. The zero-order valence-corrected chi connectivity index (χ0v) is 14.5. The smallest absolute Gasteiger partial charge is 0.272 e. The molecule has 0 aliphatic carbocycles. The monoisotopic (exact) mass is 340 g/mol. The number of fused-ring (bicyclic) bond motifs is 1. The summed E-state index contributed by atoms with van der Waals surface area (Å²) >= 11 is 0. The molecule has 2 aromatic rings. The third-order valence-corrected chi connectivity index (χ3v) is 5.05. The third-order valence-electron chi connectivity index (χ3n) is 5.05. The summed E-state index contributed by atoms with van der Waals surface area (Å²) in [5, 5.41) is 13.7. The van der Waals surface area contributed by atoms with Gasteiger partial charge in [-0.25, -0.2) is 4.98 Å². The highest BCUT2D eigenvalue weighted by molar-refractivity contribution is 5.94. The maximum atomic E-state index is 12.6. The number of nitrogens with one attached hydrogen (secondary N) is 3. The summed E-state index contributed by atoms with van der Waals surface area (Å²) in [5.74, 6) is 0.963. The molecule has 0 spiro atoms. The standard InChI is InChI=1S/C18H24N6O/c1-12-3-2-4-16(20-12)24-9-6-13(7-10-24)21-18(25)17-14-11-19-8-5-15(14)22-23-17/h2-4,13,19H,5-11H2,1H3,(H,21,25)(H,22,23). The second kappa shape index (κ2) is 6.84. The van der Waals surface area contributed by atoms with Gasteiger partial charge in [-0.2, -0.15) is 5.10 Å². The maximum absolute atomic E-state index is 12.6. The summed E-state index contributed by atoms with van der Waals surface area (Å²) < 4.78 is 0. The van der Waals surface area contributed by atoms with Gasteiger partial charge < -0.3 is 15.5 Å². The van der Waals surface area contributed by atoms with Crippen molar-refractivity contribution in [1.82, 2.24) is 25.8 Å². The van der Waals surface area contributed by atoms with E-state index >= 15 is 0 Å². The van der Waals surface area contributed by atoms with E-state index in [1.54, 1.807) is 0 Å². The first-order valence-corrected chi connectivity index (χ1v) is 8.97. The van der Waals surface area contributed by atoms with Gasteiger partial charge in [0.25, 0.3) is 5.91 Å². The molecule has 2 aliphatic rings. The highest BCUT2D eigenvalue weighted by Gasteiger charge is 2.26. The van der Waals surface area contributed by atoms with Crippen molar-refractivity contribution in [2.24, 2.45) is 0 Å². The van der Waals surface area contributed by atoms with Crippen molar-refractivity contribution < 1.29 is 4.79 Å². The van der Waals surface area contributed by atoms with Crippen molar-refractivity contribution in [2.75, 3.05) is 24.5 Å². The van der Waals surface area contributed by atoms with Crippen LogP contribution in [0.15, 0.2) is 18.2 Å². The number of hydrogen-bond acceptors (Lipinski definition) is 5. The Balaban J connectivity index is 1.35. The Hall–Kier alpha value is -2.41. The van der Waals surface area contributed by atoms with Crippen molar-refractivity contribution in [3.8, 4) is 0 Å². The molecule has 1 saturated heterocycles. The van der Waals surface area contributed by atoms with Crippen LogP contribution in [0.5, 0.6) is 0 Å². The molecular weight excluding hydrogens is 316 g/mol. The molecule has 4 rings (SSSR count). The normalized spacial score (nSPS) is 18.0. The van der Waals surface area contributed by atoms with Gasteiger partial charge in [-0.3, -0.25) is 9.89 Å². The Bertz CT molecular complexity index is 763. The molecule has 1 amide bonds. The molecule has 0 atom stereocenters. The largest absolute Gasteiger partial charge is 0.356 e. The highest BCUT2D eigenvalue weighted by Crippen LogP contribution is 2.19. The van der Waals surface area contributed by atoms with Crippen LogP contribution in [0.25, 0.3) is 0 Å². The molecule has 0 radical (unpaired) electrons. The Labute approximate surface area is 147 Å². The number of hydrogen-bond donors (Lipinski definition) is 3. The first-order valence-electron chi connectivity index (χ1n) is 8.97. The van der Waals surface area contributed by atoms with Crippen molar-refractivity contribution in [3.63, 3.8) is 0 Å². The van der Waals surface area contributed by atoms with Crippen molar-refractivity contribution in [3.05, 3.63) is 40.8 Å². The number of nitrogens with zero attached hydrogens (tertiary/aromatic N) is 3. The molecule has 2 aliphatic heterocycles. The average molecular weight is 340 g/mol. The molecule has 3 N–H and O–H groups in total. The SMILES string of the molecule is Cc1cccc(N2CCC(NC(=O)c3n[nH]c4c3CNCC4)CC2)n1. The van der Waals surface area contributed by atoms with Gasteiger partial charge in [0, 0.05) is 55.6 Å². The third kappa shape index (κ3) is 3.37. The predicted molar refractivity (Wildman–Crippen MR) is 95.7 cm³/mol. The fourth-order valence-corrected chi connectivity index (χ4v) is 3.62. The highest BCUT2D eigenvalue weighted by atomic mass is 16.2. The minimum absolute atomic E-state index is 0.0617. The second-order valence-electron chi connectivity index (χ2n) is 6.83. The number of rotatable bonds is 3. The lowest BCUT2D eigenvalue weighted by atomic mass is 10.0. The molecule has 132 valence electrons. The van der Waals surface area contributed by atoms with Gasteiger partial charge in [0.2, 0.25) is 0 Å². The zero-order chi connectivity index (χ0) is 17.2. The summed E-state index contributed by atoms with van der Waals surface area (Å²) in [6.45, 7) is 5.47. The molecule has 7 heteroatoms. The molecule has 1 fully saturated rings. The van der Waals surface area contributed by atoms with E-state index in [-0.39, 0.29) is 11.9 Å². The number of aryl methyl sites for hydroxylation is 1.